The fraction of sp³-hybridized carbons (Fsp3) is 0.222. The van der Waals surface area contributed by atoms with Crippen molar-refractivity contribution in [3.05, 3.63) is 66.0 Å². The van der Waals surface area contributed by atoms with Gasteiger partial charge in [-0.05, 0) is 36.2 Å². The van der Waals surface area contributed by atoms with Crippen molar-refractivity contribution < 1.29 is 23.5 Å². The van der Waals surface area contributed by atoms with Crippen molar-refractivity contribution in [2.45, 2.75) is 19.4 Å². The molecule has 5 heteroatoms. The van der Waals surface area contributed by atoms with E-state index >= 15 is 0 Å². The van der Waals surface area contributed by atoms with Crippen LogP contribution in [-0.4, -0.2) is 18.4 Å². The largest absolute Gasteiger partial charge is 0.494 e. The van der Waals surface area contributed by atoms with Gasteiger partial charge in [-0.1, -0.05) is 30.3 Å². The summed E-state index contributed by atoms with van der Waals surface area (Å²) in [5, 5.41) is 0. The minimum absolute atomic E-state index is 0.0504. The summed E-state index contributed by atoms with van der Waals surface area (Å²) in [5.41, 5.74) is 0.827. The molecular weight excluding hydrogens is 299 g/mol. The first-order chi connectivity index (χ1) is 11.1. The summed E-state index contributed by atoms with van der Waals surface area (Å²) in [6.45, 7) is 0.348. The molecule has 0 spiro atoms. The highest BCUT2D eigenvalue weighted by molar-refractivity contribution is 6.33. The Morgan fingerprint density at radius 3 is 2.35 bits per heavy atom. The van der Waals surface area contributed by atoms with Gasteiger partial charge < -0.3 is 9.47 Å². The summed E-state index contributed by atoms with van der Waals surface area (Å²) in [5.74, 6) is -1.24. The molecule has 0 aliphatic rings. The first kappa shape index (κ1) is 16.7. The highest BCUT2D eigenvalue weighted by Crippen LogP contribution is 2.11. The van der Waals surface area contributed by atoms with Crippen LogP contribution in [0.4, 0.5) is 4.39 Å². The molecule has 0 amide bonds. The summed E-state index contributed by atoms with van der Waals surface area (Å²) in [6, 6.07) is 14.7. The first-order valence-electron chi connectivity index (χ1n) is 7.27. The number of hydrogen-bond acceptors (Lipinski definition) is 4. The standard InChI is InChI=1S/C18H17FO4/c19-15-8-10-16(11-9-15)22-12-4-7-17(20)18(21)23-13-14-5-2-1-3-6-14/h1-3,5-6,8-11H,4,7,12-13H2. The van der Waals surface area contributed by atoms with Crippen LogP contribution in [0.5, 0.6) is 5.75 Å². The quantitative estimate of drug-likeness (QED) is 0.426. The lowest BCUT2D eigenvalue weighted by Crippen LogP contribution is -2.18. The van der Waals surface area contributed by atoms with Crippen LogP contribution in [0.2, 0.25) is 0 Å². The molecule has 0 N–H and O–H groups in total. The second-order valence-electron chi connectivity index (χ2n) is 4.89. The number of benzene rings is 2. The predicted molar refractivity (Wildman–Crippen MR) is 82.4 cm³/mol. The van der Waals surface area contributed by atoms with Gasteiger partial charge in [-0.15, -0.1) is 0 Å². The van der Waals surface area contributed by atoms with Gasteiger partial charge in [0.1, 0.15) is 18.2 Å². The molecule has 0 aliphatic carbocycles. The van der Waals surface area contributed by atoms with E-state index in [-0.39, 0.29) is 25.5 Å². The number of esters is 1. The van der Waals surface area contributed by atoms with Gasteiger partial charge in [0.05, 0.1) is 6.61 Å². The van der Waals surface area contributed by atoms with Crippen molar-refractivity contribution in [1.82, 2.24) is 0 Å². The third-order valence-electron chi connectivity index (χ3n) is 3.07. The van der Waals surface area contributed by atoms with Crippen molar-refractivity contribution in [3.63, 3.8) is 0 Å². The number of Topliss-reactive ketones (excluding diaryl/α,β-unsaturated/α-hetero) is 1. The zero-order chi connectivity index (χ0) is 16.5. The van der Waals surface area contributed by atoms with E-state index in [0.29, 0.717) is 12.2 Å². The Balaban J connectivity index is 1.64. The van der Waals surface area contributed by atoms with Gasteiger partial charge in [-0.25, -0.2) is 9.18 Å². The molecule has 0 bridgehead atoms. The minimum atomic E-state index is -0.837. The molecule has 2 rings (SSSR count). The molecule has 0 aliphatic heterocycles. The normalized spacial score (nSPS) is 10.1. The maximum atomic E-state index is 12.7. The molecule has 0 fully saturated rings. The van der Waals surface area contributed by atoms with E-state index in [1.54, 1.807) is 0 Å². The van der Waals surface area contributed by atoms with Crippen molar-refractivity contribution in [2.75, 3.05) is 6.61 Å². The van der Waals surface area contributed by atoms with Gasteiger partial charge in [0, 0.05) is 6.42 Å². The van der Waals surface area contributed by atoms with Crippen molar-refractivity contribution in [2.24, 2.45) is 0 Å². The molecule has 4 nitrogen and oxygen atoms in total. The zero-order valence-corrected chi connectivity index (χ0v) is 12.5. The van der Waals surface area contributed by atoms with Crippen LogP contribution in [-0.2, 0) is 20.9 Å². The van der Waals surface area contributed by atoms with Crippen LogP contribution in [0.25, 0.3) is 0 Å². The highest BCUT2D eigenvalue weighted by Gasteiger charge is 2.15. The van der Waals surface area contributed by atoms with Gasteiger partial charge in [-0.2, -0.15) is 0 Å². The predicted octanol–water partition coefficient (Wildman–Crippen LogP) is 3.30. The molecule has 120 valence electrons. The molecule has 0 aromatic heterocycles. The lowest BCUT2D eigenvalue weighted by molar-refractivity contribution is -0.154. The molecule has 0 atom stereocenters. The Kier molecular flexibility index (Phi) is 6.29. The fourth-order valence-corrected chi connectivity index (χ4v) is 1.86. The Bertz CT molecular complexity index is 638. The number of ketones is 1. The summed E-state index contributed by atoms with van der Waals surface area (Å²) in [7, 11) is 0. The average Bonchev–Trinajstić information content (AvgIpc) is 2.59. The van der Waals surface area contributed by atoms with Gasteiger partial charge in [0.15, 0.2) is 0 Å². The van der Waals surface area contributed by atoms with E-state index < -0.39 is 11.8 Å². The van der Waals surface area contributed by atoms with E-state index in [4.69, 9.17) is 9.47 Å². The maximum Gasteiger partial charge on any atom is 0.374 e. The third-order valence-corrected chi connectivity index (χ3v) is 3.07. The number of hydrogen-bond donors (Lipinski definition) is 0. The number of rotatable bonds is 8. The van der Waals surface area contributed by atoms with E-state index in [2.05, 4.69) is 0 Å². The number of ether oxygens (including phenoxy) is 2. The Hall–Kier alpha value is -2.69. The molecule has 0 unspecified atom stereocenters. The number of carbonyl (C=O) groups excluding carboxylic acids is 2. The fourth-order valence-electron chi connectivity index (χ4n) is 1.86. The van der Waals surface area contributed by atoms with Crippen LogP contribution in [0.15, 0.2) is 54.6 Å². The second kappa shape index (κ2) is 8.68. The zero-order valence-electron chi connectivity index (χ0n) is 12.5. The molecule has 2 aromatic rings. The monoisotopic (exact) mass is 316 g/mol. The molecule has 0 heterocycles. The Morgan fingerprint density at radius 1 is 0.957 bits per heavy atom. The van der Waals surface area contributed by atoms with Crippen LogP contribution in [0.1, 0.15) is 18.4 Å². The number of carbonyl (C=O) groups is 2. The summed E-state index contributed by atoms with van der Waals surface area (Å²) in [6.07, 6.45) is 0.436. The second-order valence-corrected chi connectivity index (χ2v) is 4.89. The van der Waals surface area contributed by atoms with Crippen LogP contribution < -0.4 is 4.74 Å². The summed E-state index contributed by atoms with van der Waals surface area (Å²) >= 11 is 0. The summed E-state index contributed by atoms with van der Waals surface area (Å²) < 4.78 is 23.0. The first-order valence-corrected chi connectivity index (χ1v) is 7.27. The van der Waals surface area contributed by atoms with E-state index in [9.17, 15) is 14.0 Å². The Labute approximate surface area is 133 Å². The van der Waals surface area contributed by atoms with Crippen molar-refractivity contribution in [3.8, 4) is 5.75 Å². The highest BCUT2D eigenvalue weighted by atomic mass is 19.1. The van der Waals surface area contributed by atoms with Crippen molar-refractivity contribution >= 4 is 11.8 Å². The molecule has 0 saturated carbocycles. The van der Waals surface area contributed by atoms with Crippen LogP contribution in [0.3, 0.4) is 0 Å². The molecular formula is C18H17FO4. The van der Waals surface area contributed by atoms with Crippen molar-refractivity contribution in [1.29, 1.82) is 0 Å². The number of halogens is 1. The van der Waals surface area contributed by atoms with E-state index in [1.807, 2.05) is 30.3 Å². The smallest absolute Gasteiger partial charge is 0.374 e. The van der Waals surface area contributed by atoms with E-state index in [1.165, 1.54) is 24.3 Å². The molecule has 23 heavy (non-hydrogen) atoms. The van der Waals surface area contributed by atoms with Crippen LogP contribution >= 0.6 is 0 Å². The SMILES string of the molecule is O=C(CCCOc1ccc(F)cc1)C(=O)OCc1ccccc1. The van der Waals surface area contributed by atoms with Gasteiger partial charge in [-0.3, -0.25) is 4.79 Å². The van der Waals surface area contributed by atoms with Crippen LogP contribution in [0, 0.1) is 5.82 Å². The molecule has 0 saturated heterocycles. The topological polar surface area (TPSA) is 52.6 Å². The Morgan fingerprint density at radius 2 is 1.65 bits per heavy atom. The van der Waals surface area contributed by atoms with Gasteiger partial charge >= 0.3 is 5.97 Å². The average molecular weight is 316 g/mol. The minimum Gasteiger partial charge on any atom is -0.494 e. The lowest BCUT2D eigenvalue weighted by Gasteiger charge is -2.06. The van der Waals surface area contributed by atoms with Gasteiger partial charge in [0.25, 0.3) is 0 Å². The lowest BCUT2D eigenvalue weighted by atomic mass is 10.2. The molecule has 0 radical (unpaired) electrons. The van der Waals surface area contributed by atoms with E-state index in [0.717, 1.165) is 5.56 Å². The summed E-state index contributed by atoms with van der Waals surface area (Å²) in [4.78, 5) is 23.2. The third kappa shape index (κ3) is 5.90. The molecule has 2 aromatic carbocycles. The van der Waals surface area contributed by atoms with Gasteiger partial charge in [0.2, 0.25) is 5.78 Å². The maximum absolute atomic E-state index is 12.7.